The average Bonchev–Trinajstić information content (AvgIpc) is 2.26. The Kier molecular flexibility index (Phi) is 5.94. The van der Waals surface area contributed by atoms with Crippen LogP contribution in [0, 0.1) is 0 Å². The molecule has 0 amide bonds. The maximum absolute atomic E-state index is 5.66. The van der Waals surface area contributed by atoms with Crippen molar-refractivity contribution in [3.8, 4) is 11.5 Å². The average molecular weight is 292 g/mol. The molecule has 0 aliphatic rings. The third-order valence-corrected chi connectivity index (χ3v) is 2.14. The number of benzene rings is 2. The standard InChI is InChI=1S/C12H14N4O.C2H7P/c13-7-1-8(14)4-11(3-7)17-12-5-9(15)2-10(16)6-12;1-3-2/h1-6H,13-16H2;3H,1-2H3. The Morgan fingerprint density at radius 2 is 0.900 bits per heavy atom. The highest BCUT2D eigenvalue weighted by Crippen LogP contribution is 2.28. The maximum Gasteiger partial charge on any atom is 0.131 e. The Balaban J connectivity index is 0.000000612. The predicted molar refractivity (Wildman–Crippen MR) is 90.8 cm³/mol. The van der Waals surface area contributed by atoms with Crippen molar-refractivity contribution in [2.75, 3.05) is 36.3 Å². The number of ether oxygens (including phenoxy) is 1. The van der Waals surface area contributed by atoms with Crippen molar-refractivity contribution in [3.05, 3.63) is 36.4 Å². The summed E-state index contributed by atoms with van der Waals surface area (Å²) >= 11 is 0. The second kappa shape index (κ2) is 7.46. The van der Waals surface area contributed by atoms with Gasteiger partial charge in [-0.15, -0.1) is 8.58 Å². The second-order valence-electron chi connectivity index (χ2n) is 4.27. The highest BCUT2D eigenvalue weighted by molar-refractivity contribution is 7.35. The largest absolute Gasteiger partial charge is 0.457 e. The van der Waals surface area contributed by atoms with E-state index in [0.717, 1.165) is 8.58 Å². The van der Waals surface area contributed by atoms with Crippen molar-refractivity contribution in [1.29, 1.82) is 0 Å². The van der Waals surface area contributed by atoms with Crippen molar-refractivity contribution < 1.29 is 4.74 Å². The van der Waals surface area contributed by atoms with Gasteiger partial charge in [0.1, 0.15) is 11.5 Å². The van der Waals surface area contributed by atoms with Gasteiger partial charge in [-0.05, 0) is 25.5 Å². The van der Waals surface area contributed by atoms with Crippen LogP contribution >= 0.6 is 8.58 Å². The molecule has 108 valence electrons. The monoisotopic (exact) mass is 292 g/mol. The Morgan fingerprint density at radius 1 is 0.650 bits per heavy atom. The summed E-state index contributed by atoms with van der Waals surface area (Å²) in [7, 11) is 1.08. The van der Waals surface area contributed by atoms with Crippen LogP contribution in [-0.4, -0.2) is 13.3 Å². The Bertz CT molecular complexity index is 485. The van der Waals surface area contributed by atoms with Gasteiger partial charge in [0.15, 0.2) is 0 Å². The van der Waals surface area contributed by atoms with Gasteiger partial charge in [-0.2, -0.15) is 0 Å². The van der Waals surface area contributed by atoms with Crippen molar-refractivity contribution >= 4 is 31.3 Å². The minimum atomic E-state index is 0.539. The van der Waals surface area contributed by atoms with E-state index in [-0.39, 0.29) is 0 Å². The van der Waals surface area contributed by atoms with E-state index in [1.54, 1.807) is 36.4 Å². The molecule has 0 saturated carbocycles. The molecule has 0 bridgehead atoms. The fraction of sp³-hybridized carbons (Fsp3) is 0.143. The number of nitrogen functional groups attached to an aromatic ring is 4. The lowest BCUT2D eigenvalue weighted by molar-refractivity contribution is 0.484. The lowest BCUT2D eigenvalue weighted by Gasteiger charge is -2.09. The SMILES string of the molecule is CPC.Nc1cc(N)cc(Oc2cc(N)cc(N)c2)c1. The molecule has 2 aromatic carbocycles. The lowest BCUT2D eigenvalue weighted by Crippen LogP contribution is -1.94. The van der Waals surface area contributed by atoms with E-state index in [1.807, 2.05) is 0 Å². The first kappa shape index (κ1) is 15.9. The zero-order valence-corrected chi connectivity index (χ0v) is 12.7. The van der Waals surface area contributed by atoms with Crippen LogP contribution in [-0.2, 0) is 0 Å². The van der Waals surface area contributed by atoms with Gasteiger partial charge in [-0.25, -0.2) is 0 Å². The van der Waals surface area contributed by atoms with Crippen molar-refractivity contribution in [2.24, 2.45) is 0 Å². The quantitative estimate of drug-likeness (QED) is 0.502. The van der Waals surface area contributed by atoms with Crippen LogP contribution in [0.1, 0.15) is 0 Å². The lowest BCUT2D eigenvalue weighted by atomic mass is 10.2. The molecule has 0 aliphatic heterocycles. The first-order valence-electron chi connectivity index (χ1n) is 6.03. The molecule has 0 aromatic heterocycles. The Morgan fingerprint density at radius 3 is 1.15 bits per heavy atom. The fourth-order valence-electron chi connectivity index (χ4n) is 1.55. The van der Waals surface area contributed by atoms with Gasteiger partial charge in [0.25, 0.3) is 0 Å². The van der Waals surface area contributed by atoms with Crippen LogP contribution in [0.25, 0.3) is 0 Å². The van der Waals surface area contributed by atoms with Gasteiger partial charge in [0.2, 0.25) is 0 Å². The van der Waals surface area contributed by atoms with Crippen LogP contribution in [0.15, 0.2) is 36.4 Å². The smallest absolute Gasteiger partial charge is 0.131 e. The van der Waals surface area contributed by atoms with E-state index < -0.39 is 0 Å². The van der Waals surface area contributed by atoms with Gasteiger partial charge in [-0.1, -0.05) is 0 Å². The molecule has 0 spiro atoms. The van der Waals surface area contributed by atoms with Crippen molar-refractivity contribution in [3.63, 3.8) is 0 Å². The number of hydrogen-bond donors (Lipinski definition) is 4. The van der Waals surface area contributed by atoms with Gasteiger partial charge in [0, 0.05) is 47.0 Å². The molecule has 0 atom stereocenters. The second-order valence-corrected chi connectivity index (χ2v) is 5.27. The number of rotatable bonds is 2. The molecule has 8 N–H and O–H groups in total. The van der Waals surface area contributed by atoms with Crippen LogP contribution in [0.5, 0.6) is 11.5 Å². The Labute approximate surface area is 121 Å². The topological polar surface area (TPSA) is 113 Å². The summed E-state index contributed by atoms with van der Waals surface area (Å²) in [5.74, 6) is 1.10. The van der Waals surface area contributed by atoms with E-state index in [2.05, 4.69) is 13.3 Å². The third-order valence-electron chi connectivity index (χ3n) is 2.14. The van der Waals surface area contributed by atoms with Crippen LogP contribution < -0.4 is 27.7 Å². The van der Waals surface area contributed by atoms with E-state index in [1.165, 1.54) is 0 Å². The fourth-order valence-corrected chi connectivity index (χ4v) is 1.55. The van der Waals surface area contributed by atoms with Crippen molar-refractivity contribution in [1.82, 2.24) is 0 Å². The summed E-state index contributed by atoms with van der Waals surface area (Å²) in [6.07, 6.45) is 0. The molecule has 0 saturated heterocycles. The summed E-state index contributed by atoms with van der Waals surface area (Å²) < 4.78 is 5.58. The summed E-state index contributed by atoms with van der Waals surface area (Å²) in [5.41, 5.74) is 24.8. The molecule has 2 aromatic rings. The van der Waals surface area contributed by atoms with Gasteiger partial charge in [-0.3, -0.25) is 0 Å². The molecular weight excluding hydrogens is 271 g/mol. The van der Waals surface area contributed by atoms with E-state index in [9.17, 15) is 0 Å². The molecule has 0 heterocycles. The van der Waals surface area contributed by atoms with E-state index >= 15 is 0 Å². The molecule has 2 rings (SSSR count). The normalized spacial score (nSPS) is 9.50. The molecule has 0 fully saturated rings. The van der Waals surface area contributed by atoms with E-state index in [4.69, 9.17) is 27.7 Å². The zero-order chi connectivity index (χ0) is 15.1. The highest BCUT2D eigenvalue weighted by Gasteiger charge is 2.02. The molecule has 6 heteroatoms. The maximum atomic E-state index is 5.66. The molecule has 0 aliphatic carbocycles. The first-order chi connectivity index (χ1) is 9.44. The van der Waals surface area contributed by atoms with Gasteiger partial charge < -0.3 is 27.7 Å². The third kappa shape index (κ3) is 5.24. The van der Waals surface area contributed by atoms with Crippen LogP contribution in [0.3, 0.4) is 0 Å². The Hall–Kier alpha value is -2.13. The minimum absolute atomic E-state index is 0.539. The number of nitrogens with two attached hydrogens (primary N) is 4. The predicted octanol–water partition coefficient (Wildman–Crippen LogP) is 2.73. The number of anilines is 4. The summed E-state index contributed by atoms with van der Waals surface area (Å²) in [6.45, 7) is 4.31. The van der Waals surface area contributed by atoms with E-state index in [0.29, 0.717) is 34.2 Å². The van der Waals surface area contributed by atoms with Crippen molar-refractivity contribution in [2.45, 2.75) is 0 Å². The van der Waals surface area contributed by atoms with Gasteiger partial charge >= 0.3 is 0 Å². The first-order valence-corrected chi connectivity index (χ1v) is 8.03. The number of hydrogen-bond acceptors (Lipinski definition) is 5. The molecule has 0 radical (unpaired) electrons. The summed E-state index contributed by atoms with van der Waals surface area (Å²) in [6, 6.07) is 10.0. The van der Waals surface area contributed by atoms with Gasteiger partial charge in [0.05, 0.1) is 0 Å². The molecule has 0 unspecified atom stereocenters. The minimum Gasteiger partial charge on any atom is -0.457 e. The summed E-state index contributed by atoms with van der Waals surface area (Å²) in [4.78, 5) is 0. The summed E-state index contributed by atoms with van der Waals surface area (Å²) in [5, 5.41) is 0. The van der Waals surface area contributed by atoms with Crippen LogP contribution in [0.2, 0.25) is 0 Å². The highest BCUT2D eigenvalue weighted by atomic mass is 31.1. The zero-order valence-electron chi connectivity index (χ0n) is 11.7. The molecule has 5 nitrogen and oxygen atoms in total. The molecule has 20 heavy (non-hydrogen) atoms. The molecular formula is C14H21N4OP. The van der Waals surface area contributed by atoms with Crippen LogP contribution in [0.4, 0.5) is 22.7 Å².